The van der Waals surface area contributed by atoms with Crippen LogP contribution in [0.4, 0.5) is 27.6 Å². The normalized spacial score (nSPS) is 14.0. The quantitative estimate of drug-likeness (QED) is 0.315. The van der Waals surface area contributed by atoms with Gasteiger partial charge in [0.05, 0.1) is 6.10 Å². The fraction of sp³-hybridized carbons (Fsp3) is 0.333. The van der Waals surface area contributed by atoms with Gasteiger partial charge in [-0.15, -0.1) is 0 Å². The van der Waals surface area contributed by atoms with Crippen LogP contribution in [0.2, 0.25) is 0 Å². The van der Waals surface area contributed by atoms with E-state index in [2.05, 4.69) is 5.32 Å². The Kier molecular flexibility index (Phi) is 7.17. The summed E-state index contributed by atoms with van der Waals surface area (Å²) < 4.78 is 73.9. The van der Waals surface area contributed by atoms with E-state index in [1.165, 1.54) is 0 Å². The third-order valence-corrected chi connectivity index (χ3v) is 5.12. The van der Waals surface area contributed by atoms with Gasteiger partial charge in [-0.2, -0.15) is 0 Å². The second-order valence-corrected chi connectivity index (χ2v) is 7.73. The fourth-order valence-electron chi connectivity index (χ4n) is 3.24. The molecule has 0 saturated carbocycles. The number of thiocarbonyl (C=S) groups is 1. The van der Waals surface area contributed by atoms with Gasteiger partial charge in [0.1, 0.15) is 11.4 Å². The number of carbonyl (C=O) groups is 1. The summed E-state index contributed by atoms with van der Waals surface area (Å²) in [4.78, 5) is 15.1. The van der Waals surface area contributed by atoms with Gasteiger partial charge < -0.3 is 14.5 Å². The zero-order valence-corrected chi connectivity index (χ0v) is 18.0. The van der Waals surface area contributed by atoms with Gasteiger partial charge in [-0.25, -0.2) is 22.0 Å². The number of ether oxygens (including phenoxy) is 1. The number of piperazine rings is 1. The highest BCUT2D eigenvalue weighted by molar-refractivity contribution is 7.80. The van der Waals surface area contributed by atoms with E-state index in [1.807, 2.05) is 13.8 Å². The Labute approximate surface area is 186 Å². The lowest BCUT2D eigenvalue weighted by molar-refractivity contribution is 0.0972. The minimum atomic E-state index is -2.20. The maximum Gasteiger partial charge on any atom is 0.257 e. The highest BCUT2D eigenvalue weighted by Crippen LogP contribution is 2.30. The van der Waals surface area contributed by atoms with Crippen molar-refractivity contribution in [1.82, 2.24) is 10.2 Å². The summed E-state index contributed by atoms with van der Waals surface area (Å²) in [5.41, 5.74) is -0.650. The van der Waals surface area contributed by atoms with Gasteiger partial charge >= 0.3 is 0 Å². The summed E-state index contributed by atoms with van der Waals surface area (Å²) in [5.74, 6) is -9.89. The molecule has 172 valence electrons. The molecule has 3 rings (SSSR count). The number of amides is 1. The molecule has 0 aromatic heterocycles. The molecule has 0 aliphatic carbocycles. The monoisotopic (exact) mass is 473 g/mol. The number of nitrogens with one attached hydrogen (secondary N) is 1. The van der Waals surface area contributed by atoms with Gasteiger partial charge in [-0.1, -0.05) is 6.07 Å². The van der Waals surface area contributed by atoms with Crippen molar-refractivity contribution in [2.24, 2.45) is 0 Å². The number of anilines is 1. The number of halogens is 5. The maximum atomic E-state index is 14.0. The molecule has 2 aromatic rings. The smallest absolute Gasteiger partial charge is 0.257 e. The van der Waals surface area contributed by atoms with Crippen LogP contribution in [-0.4, -0.2) is 48.2 Å². The van der Waals surface area contributed by atoms with Crippen molar-refractivity contribution < 1.29 is 31.5 Å². The maximum absolute atomic E-state index is 14.0. The lowest BCUT2D eigenvalue weighted by Crippen LogP contribution is -2.53. The Morgan fingerprint density at radius 1 is 0.969 bits per heavy atom. The molecule has 1 aliphatic heterocycles. The molecule has 2 aromatic carbocycles. The molecule has 1 heterocycles. The first-order valence-corrected chi connectivity index (χ1v) is 10.1. The van der Waals surface area contributed by atoms with Gasteiger partial charge in [0.15, 0.2) is 28.4 Å². The fourth-order valence-corrected chi connectivity index (χ4v) is 3.51. The number of benzene rings is 2. The van der Waals surface area contributed by atoms with Crippen LogP contribution in [0.3, 0.4) is 0 Å². The third-order valence-electron chi connectivity index (χ3n) is 4.76. The largest absolute Gasteiger partial charge is 0.491 e. The van der Waals surface area contributed by atoms with Crippen molar-refractivity contribution >= 4 is 28.9 Å². The molecule has 0 radical (unpaired) electrons. The Balaban J connectivity index is 1.64. The molecule has 1 amide bonds. The van der Waals surface area contributed by atoms with Crippen LogP contribution in [0.5, 0.6) is 5.75 Å². The molecule has 1 N–H and O–H groups in total. The second kappa shape index (κ2) is 9.68. The van der Waals surface area contributed by atoms with E-state index in [-0.39, 0.29) is 37.4 Å². The number of nitrogens with zero attached hydrogens (tertiary/aromatic N) is 2. The predicted octanol–water partition coefficient (Wildman–Crippen LogP) is 4.01. The van der Waals surface area contributed by atoms with E-state index in [0.29, 0.717) is 11.3 Å². The summed E-state index contributed by atoms with van der Waals surface area (Å²) >= 11 is 5.25. The first-order chi connectivity index (χ1) is 15.1. The Bertz CT molecular complexity index is 1010. The molecule has 1 saturated heterocycles. The number of rotatable bonds is 4. The standard InChI is InChI=1S/C21H20F5N3O2S/c1-11(2)31-13-5-3-4-12(10-13)20(30)27-21(32)29-8-6-28(7-9-29)19-17(25)15(23)14(22)16(24)18(19)26/h3-5,10-11H,6-9H2,1-2H3,(H,27,30,32). The lowest BCUT2D eigenvalue weighted by atomic mass is 10.2. The van der Waals surface area contributed by atoms with Gasteiger partial charge in [0.25, 0.3) is 5.91 Å². The van der Waals surface area contributed by atoms with Crippen LogP contribution in [0.15, 0.2) is 24.3 Å². The molecular weight excluding hydrogens is 453 g/mol. The zero-order valence-electron chi connectivity index (χ0n) is 17.2. The van der Waals surface area contributed by atoms with Crippen molar-refractivity contribution in [3.63, 3.8) is 0 Å². The van der Waals surface area contributed by atoms with E-state index in [1.54, 1.807) is 29.2 Å². The first-order valence-electron chi connectivity index (χ1n) is 9.73. The van der Waals surface area contributed by atoms with Crippen LogP contribution in [-0.2, 0) is 0 Å². The zero-order chi connectivity index (χ0) is 23.6. The van der Waals surface area contributed by atoms with Crippen molar-refractivity contribution in [3.05, 3.63) is 58.9 Å². The molecule has 0 spiro atoms. The average Bonchev–Trinajstić information content (AvgIpc) is 2.76. The first kappa shape index (κ1) is 23.7. The van der Waals surface area contributed by atoms with Gasteiger partial charge in [0, 0.05) is 31.7 Å². The lowest BCUT2D eigenvalue weighted by Gasteiger charge is -2.37. The Hall–Kier alpha value is -2.95. The third kappa shape index (κ3) is 4.93. The summed E-state index contributed by atoms with van der Waals surface area (Å²) in [6.07, 6.45) is -0.0663. The topological polar surface area (TPSA) is 44.8 Å². The van der Waals surface area contributed by atoms with Crippen LogP contribution < -0.4 is 15.0 Å². The highest BCUT2D eigenvalue weighted by Gasteiger charge is 2.31. The SMILES string of the molecule is CC(C)Oc1cccc(C(=O)NC(=S)N2CCN(c3c(F)c(F)c(F)c(F)c3F)CC2)c1. The number of hydrogen-bond acceptors (Lipinski definition) is 4. The summed E-state index contributed by atoms with van der Waals surface area (Å²) in [6, 6.07) is 6.54. The molecule has 0 atom stereocenters. The molecular formula is C21H20F5N3O2S. The minimum Gasteiger partial charge on any atom is -0.491 e. The Morgan fingerprint density at radius 3 is 2.09 bits per heavy atom. The van der Waals surface area contributed by atoms with E-state index in [9.17, 15) is 26.7 Å². The van der Waals surface area contributed by atoms with Crippen molar-refractivity contribution in [1.29, 1.82) is 0 Å². The number of hydrogen-bond donors (Lipinski definition) is 1. The van der Waals surface area contributed by atoms with Crippen LogP contribution in [0.25, 0.3) is 0 Å². The summed E-state index contributed by atoms with van der Waals surface area (Å²) in [5, 5.41) is 2.66. The molecule has 1 aliphatic rings. The molecule has 0 unspecified atom stereocenters. The van der Waals surface area contributed by atoms with Crippen molar-refractivity contribution in [2.45, 2.75) is 20.0 Å². The summed E-state index contributed by atoms with van der Waals surface area (Å²) in [6.45, 7) is 3.80. The second-order valence-electron chi connectivity index (χ2n) is 7.35. The molecule has 1 fully saturated rings. The van der Waals surface area contributed by atoms with Crippen LogP contribution in [0, 0.1) is 29.1 Å². The van der Waals surface area contributed by atoms with Crippen molar-refractivity contribution in [2.75, 3.05) is 31.1 Å². The van der Waals surface area contributed by atoms with E-state index in [0.717, 1.165) is 4.90 Å². The Morgan fingerprint density at radius 2 is 1.53 bits per heavy atom. The van der Waals surface area contributed by atoms with E-state index in [4.69, 9.17) is 17.0 Å². The number of carbonyl (C=O) groups excluding carboxylic acids is 1. The molecule has 0 bridgehead atoms. The van der Waals surface area contributed by atoms with E-state index < -0.39 is 40.7 Å². The summed E-state index contributed by atoms with van der Waals surface area (Å²) in [7, 11) is 0. The molecule has 5 nitrogen and oxygen atoms in total. The van der Waals surface area contributed by atoms with Crippen molar-refractivity contribution in [3.8, 4) is 5.75 Å². The van der Waals surface area contributed by atoms with E-state index >= 15 is 0 Å². The molecule has 32 heavy (non-hydrogen) atoms. The van der Waals surface area contributed by atoms with Gasteiger partial charge in [-0.05, 0) is 44.3 Å². The van der Waals surface area contributed by atoms with Crippen LogP contribution in [0.1, 0.15) is 24.2 Å². The van der Waals surface area contributed by atoms with Gasteiger partial charge in [-0.3, -0.25) is 10.1 Å². The van der Waals surface area contributed by atoms with Crippen LogP contribution >= 0.6 is 12.2 Å². The molecule has 11 heteroatoms. The predicted molar refractivity (Wildman–Crippen MR) is 112 cm³/mol. The highest BCUT2D eigenvalue weighted by atomic mass is 32.1. The minimum absolute atomic E-state index is 0.0634. The van der Waals surface area contributed by atoms with Gasteiger partial charge in [0.2, 0.25) is 5.82 Å². The average molecular weight is 473 g/mol.